The van der Waals surface area contributed by atoms with Crippen LogP contribution in [0.5, 0.6) is 0 Å². The molecule has 0 saturated carbocycles. The van der Waals surface area contributed by atoms with Crippen LogP contribution in [0.15, 0.2) is 24.3 Å². The van der Waals surface area contributed by atoms with Crippen molar-refractivity contribution in [2.45, 2.75) is 6.42 Å². The van der Waals surface area contributed by atoms with Gasteiger partial charge in [0.25, 0.3) is 0 Å². The third kappa shape index (κ3) is 1.76. The molecule has 0 amide bonds. The van der Waals surface area contributed by atoms with Crippen LogP contribution < -0.4 is 10.6 Å². The summed E-state index contributed by atoms with van der Waals surface area (Å²) in [5, 5.41) is 0. The molecular weight excluding hydrogens is 200 g/mol. The van der Waals surface area contributed by atoms with E-state index in [4.69, 9.17) is 10.5 Å². The number of nitrogens with zero attached hydrogens (tertiary/aromatic N) is 1. The molecule has 2 N–H and O–H groups in total. The first kappa shape index (κ1) is 9.97. The highest BCUT2D eigenvalue weighted by atomic mass is 16.5. The summed E-state index contributed by atoms with van der Waals surface area (Å²) in [7, 11) is 0. The fourth-order valence-electron chi connectivity index (χ4n) is 2.78. The molecule has 2 heterocycles. The maximum absolute atomic E-state index is 5.70. The first-order valence-electron chi connectivity index (χ1n) is 6.01. The van der Waals surface area contributed by atoms with Crippen molar-refractivity contribution in [3.8, 4) is 0 Å². The van der Waals surface area contributed by atoms with E-state index in [0.717, 1.165) is 43.8 Å². The molecule has 2 aliphatic heterocycles. The zero-order valence-electron chi connectivity index (χ0n) is 9.43. The van der Waals surface area contributed by atoms with E-state index in [-0.39, 0.29) is 0 Å². The number of rotatable bonds is 1. The molecule has 0 bridgehead atoms. The molecule has 16 heavy (non-hydrogen) atoms. The minimum absolute atomic E-state index is 0.728. The van der Waals surface area contributed by atoms with Crippen molar-refractivity contribution in [2.75, 3.05) is 36.9 Å². The molecule has 1 aromatic rings. The average Bonchev–Trinajstić information content (AvgIpc) is 2.77. The second kappa shape index (κ2) is 3.98. The van der Waals surface area contributed by atoms with Crippen LogP contribution in [0, 0.1) is 11.8 Å². The normalized spacial score (nSPS) is 29.1. The zero-order valence-corrected chi connectivity index (χ0v) is 9.43. The molecule has 3 rings (SSSR count). The Bertz CT molecular complexity index is 363. The lowest BCUT2D eigenvalue weighted by Crippen LogP contribution is -2.39. The minimum Gasteiger partial charge on any atom is -0.399 e. The predicted molar refractivity (Wildman–Crippen MR) is 65.5 cm³/mol. The van der Waals surface area contributed by atoms with Gasteiger partial charge in [-0.2, -0.15) is 0 Å². The van der Waals surface area contributed by atoms with E-state index in [1.807, 2.05) is 12.1 Å². The SMILES string of the molecule is Nc1ccc(N2CC[C@H]3COC[C@H]3C2)cc1. The highest BCUT2D eigenvalue weighted by Gasteiger charge is 2.33. The van der Waals surface area contributed by atoms with Gasteiger partial charge in [0.2, 0.25) is 0 Å². The van der Waals surface area contributed by atoms with Crippen LogP contribution in [0.3, 0.4) is 0 Å². The molecule has 1 aromatic carbocycles. The fourth-order valence-corrected chi connectivity index (χ4v) is 2.78. The van der Waals surface area contributed by atoms with Gasteiger partial charge in [0, 0.05) is 37.0 Å². The Kier molecular flexibility index (Phi) is 2.48. The van der Waals surface area contributed by atoms with Gasteiger partial charge in [-0.15, -0.1) is 0 Å². The monoisotopic (exact) mass is 218 g/mol. The maximum Gasteiger partial charge on any atom is 0.0514 e. The van der Waals surface area contributed by atoms with Crippen molar-refractivity contribution in [3.63, 3.8) is 0 Å². The summed E-state index contributed by atoms with van der Waals surface area (Å²) in [5.74, 6) is 1.52. The van der Waals surface area contributed by atoms with E-state index in [1.54, 1.807) is 0 Å². The molecule has 3 nitrogen and oxygen atoms in total. The van der Waals surface area contributed by atoms with E-state index in [9.17, 15) is 0 Å². The molecule has 2 fully saturated rings. The summed E-state index contributed by atoms with van der Waals surface area (Å²) in [6, 6.07) is 8.19. The number of benzene rings is 1. The standard InChI is InChI=1S/C13H18N2O/c14-12-1-3-13(4-2-12)15-6-5-10-8-16-9-11(10)7-15/h1-4,10-11H,5-9,14H2/t10-,11+/m0/s1. The number of anilines is 2. The summed E-state index contributed by atoms with van der Waals surface area (Å²) in [5.41, 5.74) is 7.83. The topological polar surface area (TPSA) is 38.5 Å². The van der Waals surface area contributed by atoms with Crippen LogP contribution in [-0.4, -0.2) is 26.3 Å². The summed E-state index contributed by atoms with van der Waals surface area (Å²) in [6.07, 6.45) is 1.26. The summed E-state index contributed by atoms with van der Waals surface area (Å²) < 4.78 is 5.55. The Labute approximate surface area is 96.2 Å². The second-order valence-corrected chi connectivity index (χ2v) is 4.88. The van der Waals surface area contributed by atoms with Crippen molar-refractivity contribution in [1.82, 2.24) is 0 Å². The molecule has 0 spiro atoms. The number of nitrogen functional groups attached to an aromatic ring is 1. The predicted octanol–water partition coefficient (Wildman–Crippen LogP) is 1.74. The van der Waals surface area contributed by atoms with Crippen LogP contribution in [0.2, 0.25) is 0 Å². The van der Waals surface area contributed by atoms with Crippen LogP contribution >= 0.6 is 0 Å². The van der Waals surface area contributed by atoms with Gasteiger partial charge in [-0.1, -0.05) is 0 Å². The number of hydrogen-bond donors (Lipinski definition) is 1. The van der Waals surface area contributed by atoms with Gasteiger partial charge in [-0.05, 0) is 36.6 Å². The minimum atomic E-state index is 0.728. The summed E-state index contributed by atoms with van der Waals surface area (Å²) >= 11 is 0. The number of fused-ring (bicyclic) bond motifs is 1. The first-order chi connectivity index (χ1) is 7.83. The Morgan fingerprint density at radius 1 is 1.12 bits per heavy atom. The highest BCUT2D eigenvalue weighted by Crippen LogP contribution is 2.31. The lowest BCUT2D eigenvalue weighted by Gasteiger charge is -2.35. The molecule has 0 aromatic heterocycles. The van der Waals surface area contributed by atoms with Gasteiger partial charge in [0.05, 0.1) is 6.61 Å². The highest BCUT2D eigenvalue weighted by molar-refractivity contribution is 5.53. The largest absolute Gasteiger partial charge is 0.399 e. The van der Waals surface area contributed by atoms with Gasteiger partial charge in [-0.3, -0.25) is 0 Å². The molecule has 0 aliphatic carbocycles. The van der Waals surface area contributed by atoms with Crippen LogP contribution in [0.4, 0.5) is 11.4 Å². The van der Waals surface area contributed by atoms with Gasteiger partial charge < -0.3 is 15.4 Å². The second-order valence-electron chi connectivity index (χ2n) is 4.88. The Hall–Kier alpha value is -1.22. The van der Waals surface area contributed by atoms with Crippen molar-refractivity contribution >= 4 is 11.4 Å². The van der Waals surface area contributed by atoms with Crippen molar-refractivity contribution < 1.29 is 4.74 Å². The Morgan fingerprint density at radius 2 is 1.88 bits per heavy atom. The molecular formula is C13H18N2O. The number of nitrogens with two attached hydrogens (primary N) is 1. The molecule has 3 heteroatoms. The van der Waals surface area contributed by atoms with Crippen LogP contribution in [-0.2, 0) is 4.74 Å². The van der Waals surface area contributed by atoms with E-state index >= 15 is 0 Å². The maximum atomic E-state index is 5.70. The quantitative estimate of drug-likeness (QED) is 0.730. The van der Waals surface area contributed by atoms with Gasteiger partial charge in [-0.25, -0.2) is 0 Å². The molecule has 2 saturated heterocycles. The molecule has 0 unspecified atom stereocenters. The van der Waals surface area contributed by atoms with Crippen molar-refractivity contribution in [1.29, 1.82) is 0 Å². The van der Waals surface area contributed by atoms with Gasteiger partial charge >= 0.3 is 0 Å². The van der Waals surface area contributed by atoms with E-state index < -0.39 is 0 Å². The van der Waals surface area contributed by atoms with Crippen LogP contribution in [0.1, 0.15) is 6.42 Å². The lowest BCUT2D eigenvalue weighted by atomic mass is 9.88. The van der Waals surface area contributed by atoms with E-state index in [1.165, 1.54) is 12.1 Å². The molecule has 0 radical (unpaired) electrons. The van der Waals surface area contributed by atoms with E-state index in [0.29, 0.717) is 0 Å². The number of hydrogen-bond acceptors (Lipinski definition) is 3. The van der Waals surface area contributed by atoms with Crippen molar-refractivity contribution in [2.24, 2.45) is 11.8 Å². The first-order valence-corrected chi connectivity index (χ1v) is 6.01. The van der Waals surface area contributed by atoms with Gasteiger partial charge in [0.1, 0.15) is 0 Å². The third-order valence-electron chi connectivity index (χ3n) is 3.81. The Morgan fingerprint density at radius 3 is 2.69 bits per heavy atom. The summed E-state index contributed by atoms with van der Waals surface area (Å²) in [6.45, 7) is 4.19. The zero-order chi connectivity index (χ0) is 11.0. The summed E-state index contributed by atoms with van der Waals surface area (Å²) in [4.78, 5) is 2.45. The smallest absolute Gasteiger partial charge is 0.0514 e. The Balaban J connectivity index is 1.74. The molecule has 2 atom stereocenters. The van der Waals surface area contributed by atoms with Crippen LogP contribution in [0.25, 0.3) is 0 Å². The van der Waals surface area contributed by atoms with E-state index in [2.05, 4.69) is 17.0 Å². The molecule has 86 valence electrons. The third-order valence-corrected chi connectivity index (χ3v) is 3.81. The number of ether oxygens (including phenoxy) is 1. The lowest BCUT2D eigenvalue weighted by molar-refractivity contribution is 0.182. The van der Waals surface area contributed by atoms with Gasteiger partial charge in [0.15, 0.2) is 0 Å². The average molecular weight is 218 g/mol. The fraction of sp³-hybridized carbons (Fsp3) is 0.538. The number of piperidine rings is 1. The molecule has 2 aliphatic rings. The van der Waals surface area contributed by atoms with Crippen molar-refractivity contribution in [3.05, 3.63) is 24.3 Å².